The molecule has 2 aliphatic rings. The first-order valence-electron chi connectivity index (χ1n) is 13.6. The number of unbranched alkanes of at least 4 members (excludes halogenated alkanes) is 1. The summed E-state index contributed by atoms with van der Waals surface area (Å²) >= 11 is 2.74. The minimum absolute atomic E-state index is 0.0544. The number of anilines is 1. The lowest BCUT2D eigenvalue weighted by molar-refractivity contribution is -0.142. The molecule has 0 bridgehead atoms. The third-order valence-corrected chi connectivity index (χ3v) is 9.38. The van der Waals surface area contributed by atoms with Crippen molar-refractivity contribution in [1.82, 2.24) is 15.2 Å². The van der Waals surface area contributed by atoms with E-state index in [0.717, 1.165) is 48.7 Å². The number of hydrogen-bond donors (Lipinski definition) is 2. The zero-order valence-corrected chi connectivity index (χ0v) is 24.0. The first kappa shape index (κ1) is 29.5. The Morgan fingerprint density at radius 3 is 2.51 bits per heavy atom. The number of nitrogens with one attached hydrogen (secondary N) is 2. The number of thioether (sulfide) groups is 1. The number of nitrogens with zero attached hydrogens (tertiary/aromatic N) is 2. The van der Waals surface area contributed by atoms with E-state index in [1.807, 2.05) is 6.92 Å². The van der Waals surface area contributed by atoms with Gasteiger partial charge in [0.25, 0.3) is 0 Å². The summed E-state index contributed by atoms with van der Waals surface area (Å²) in [4.78, 5) is 44.2. The van der Waals surface area contributed by atoms with Gasteiger partial charge in [0.2, 0.25) is 0 Å². The Morgan fingerprint density at radius 2 is 1.84 bits per heavy atom. The van der Waals surface area contributed by atoms with Crippen molar-refractivity contribution in [2.45, 2.75) is 107 Å². The van der Waals surface area contributed by atoms with Crippen molar-refractivity contribution in [3.63, 3.8) is 0 Å². The molecule has 2 aliphatic carbocycles. The number of esters is 1. The van der Waals surface area contributed by atoms with Crippen molar-refractivity contribution in [3.8, 4) is 0 Å². The highest BCUT2D eigenvalue weighted by Crippen LogP contribution is 2.34. The third kappa shape index (κ3) is 9.35. The lowest BCUT2D eigenvalue weighted by Crippen LogP contribution is -2.51. The van der Waals surface area contributed by atoms with E-state index in [1.165, 1.54) is 62.3 Å². The molecular formula is C26H42N4O5S2. The van der Waals surface area contributed by atoms with E-state index < -0.39 is 18.1 Å². The van der Waals surface area contributed by atoms with Gasteiger partial charge in [-0.05, 0) is 50.9 Å². The molecule has 0 aliphatic heterocycles. The molecule has 1 heterocycles. The Hall–Kier alpha value is -2.01. The summed E-state index contributed by atoms with van der Waals surface area (Å²) in [5, 5.41) is 6.17. The summed E-state index contributed by atoms with van der Waals surface area (Å²) in [7, 11) is 1.29. The van der Waals surface area contributed by atoms with Gasteiger partial charge in [0.15, 0.2) is 5.13 Å². The van der Waals surface area contributed by atoms with Gasteiger partial charge in [-0.25, -0.2) is 19.4 Å². The second-order valence-electron chi connectivity index (χ2n) is 10.0. The number of alkyl carbamates (subject to hydrolysis) is 1. The molecule has 2 saturated carbocycles. The average molecular weight is 555 g/mol. The minimum atomic E-state index is -0.847. The Balaban J connectivity index is 1.57. The Labute approximate surface area is 228 Å². The fourth-order valence-corrected chi connectivity index (χ4v) is 6.91. The summed E-state index contributed by atoms with van der Waals surface area (Å²) in [6, 6.07) is -0.317. The molecule has 1 atom stereocenters. The highest BCUT2D eigenvalue weighted by atomic mass is 32.2. The summed E-state index contributed by atoms with van der Waals surface area (Å²) in [6.07, 6.45) is 12.9. The number of thiazole rings is 1. The van der Waals surface area contributed by atoms with Crippen LogP contribution in [0.4, 0.5) is 14.7 Å². The molecule has 0 aromatic carbocycles. The molecule has 0 radical (unpaired) electrons. The zero-order chi connectivity index (χ0) is 26.6. The number of aromatic nitrogens is 1. The molecule has 1 aromatic rings. The van der Waals surface area contributed by atoms with Crippen LogP contribution in [0.15, 0.2) is 10.4 Å². The standard InChI is InChI=1S/C26H42N4O5S2/c1-4-5-15-35-26(33)28-21(23(31)34-3)17-36-22-16-27-24(37-22)29-25(32)30(19-9-7-6-8-10-19)20-13-11-18(2)12-14-20/h16,18-21H,4-15,17H2,1-3H3,(H,28,33)(H,27,29,32). The maximum Gasteiger partial charge on any atom is 0.407 e. The van der Waals surface area contributed by atoms with Crippen molar-refractivity contribution in [3.05, 3.63) is 6.20 Å². The minimum Gasteiger partial charge on any atom is -0.467 e. The second-order valence-corrected chi connectivity index (χ2v) is 12.4. The van der Waals surface area contributed by atoms with Gasteiger partial charge in [0.05, 0.1) is 24.1 Å². The third-order valence-electron chi connectivity index (χ3n) is 7.18. The number of hydrogen-bond acceptors (Lipinski definition) is 8. The number of urea groups is 1. The number of methoxy groups -OCH3 is 1. The summed E-state index contributed by atoms with van der Waals surface area (Å²) in [5.41, 5.74) is 0. The molecule has 3 amide bonds. The van der Waals surface area contributed by atoms with E-state index >= 15 is 0 Å². The summed E-state index contributed by atoms with van der Waals surface area (Å²) in [6.45, 7) is 4.61. The fourth-order valence-electron chi connectivity index (χ4n) is 5.02. The van der Waals surface area contributed by atoms with Crippen LogP contribution in [0, 0.1) is 5.92 Å². The van der Waals surface area contributed by atoms with Crippen molar-refractivity contribution in [2.24, 2.45) is 5.92 Å². The Morgan fingerprint density at radius 1 is 1.14 bits per heavy atom. The molecule has 11 heteroatoms. The molecule has 1 aromatic heterocycles. The molecule has 9 nitrogen and oxygen atoms in total. The van der Waals surface area contributed by atoms with Crippen LogP contribution in [-0.2, 0) is 14.3 Å². The largest absolute Gasteiger partial charge is 0.467 e. The van der Waals surface area contributed by atoms with Crippen LogP contribution < -0.4 is 10.6 Å². The lowest BCUT2D eigenvalue weighted by Gasteiger charge is -2.42. The van der Waals surface area contributed by atoms with Crippen molar-refractivity contribution < 1.29 is 23.9 Å². The number of carbonyl (C=O) groups excluding carboxylic acids is 3. The predicted octanol–water partition coefficient (Wildman–Crippen LogP) is 6.05. The van der Waals surface area contributed by atoms with Gasteiger partial charge in [0, 0.05) is 17.8 Å². The average Bonchev–Trinajstić information content (AvgIpc) is 3.35. The van der Waals surface area contributed by atoms with Gasteiger partial charge < -0.3 is 19.7 Å². The molecule has 3 rings (SSSR count). The fraction of sp³-hybridized carbons (Fsp3) is 0.769. The maximum absolute atomic E-state index is 13.5. The number of carbonyl (C=O) groups is 3. The molecule has 2 fully saturated rings. The molecule has 208 valence electrons. The Bertz CT molecular complexity index is 869. The van der Waals surface area contributed by atoms with E-state index in [1.54, 1.807) is 6.20 Å². The second kappa shape index (κ2) is 15.4. The van der Waals surface area contributed by atoms with Gasteiger partial charge in [0.1, 0.15) is 6.04 Å². The Kier molecular flexibility index (Phi) is 12.3. The molecule has 0 saturated heterocycles. The van der Waals surface area contributed by atoms with Gasteiger partial charge in [-0.1, -0.05) is 50.9 Å². The van der Waals surface area contributed by atoms with E-state index in [9.17, 15) is 14.4 Å². The van der Waals surface area contributed by atoms with Crippen LogP contribution in [0.2, 0.25) is 0 Å². The van der Waals surface area contributed by atoms with Crippen LogP contribution in [0.5, 0.6) is 0 Å². The van der Waals surface area contributed by atoms with Crippen LogP contribution in [0.3, 0.4) is 0 Å². The number of rotatable bonds is 11. The van der Waals surface area contributed by atoms with Gasteiger partial charge >= 0.3 is 18.1 Å². The lowest BCUT2D eigenvalue weighted by atomic mass is 9.84. The monoisotopic (exact) mass is 554 g/mol. The van der Waals surface area contributed by atoms with Crippen LogP contribution in [0.1, 0.15) is 84.5 Å². The predicted molar refractivity (Wildman–Crippen MR) is 147 cm³/mol. The SMILES string of the molecule is CCCCOC(=O)NC(CSc1cnc(NC(=O)N(C2CCCCC2)C2CCC(C)CC2)s1)C(=O)OC. The quantitative estimate of drug-likeness (QED) is 0.195. The van der Waals surface area contributed by atoms with Gasteiger partial charge in [-0.3, -0.25) is 5.32 Å². The smallest absolute Gasteiger partial charge is 0.407 e. The molecule has 2 N–H and O–H groups in total. The van der Waals surface area contributed by atoms with Gasteiger partial charge in [-0.15, -0.1) is 11.8 Å². The first-order chi connectivity index (χ1) is 17.9. The molecular weight excluding hydrogens is 512 g/mol. The zero-order valence-electron chi connectivity index (χ0n) is 22.3. The van der Waals surface area contributed by atoms with Crippen LogP contribution >= 0.6 is 23.1 Å². The highest BCUT2D eigenvalue weighted by Gasteiger charge is 2.34. The first-order valence-corrected chi connectivity index (χ1v) is 15.4. The van der Waals surface area contributed by atoms with E-state index in [2.05, 4.69) is 27.4 Å². The van der Waals surface area contributed by atoms with E-state index in [4.69, 9.17) is 9.47 Å². The van der Waals surface area contributed by atoms with E-state index in [0.29, 0.717) is 17.8 Å². The van der Waals surface area contributed by atoms with Crippen molar-refractivity contribution in [1.29, 1.82) is 0 Å². The molecule has 0 spiro atoms. The molecule has 37 heavy (non-hydrogen) atoms. The topological polar surface area (TPSA) is 110 Å². The van der Waals surface area contributed by atoms with Gasteiger partial charge in [-0.2, -0.15) is 0 Å². The number of amides is 3. The van der Waals surface area contributed by atoms with Crippen LogP contribution in [0.25, 0.3) is 0 Å². The van der Waals surface area contributed by atoms with Crippen LogP contribution in [-0.4, -0.2) is 65.6 Å². The highest BCUT2D eigenvalue weighted by molar-refractivity contribution is 8.01. The molecule has 1 unspecified atom stereocenters. The number of ether oxygens (including phenoxy) is 2. The normalized spacial score (nSPS) is 21.1. The summed E-state index contributed by atoms with van der Waals surface area (Å²) < 4.78 is 10.8. The van der Waals surface area contributed by atoms with Crippen molar-refractivity contribution >= 4 is 46.3 Å². The van der Waals surface area contributed by atoms with E-state index in [-0.39, 0.29) is 17.8 Å². The van der Waals surface area contributed by atoms with Crippen molar-refractivity contribution in [2.75, 3.05) is 24.8 Å². The maximum atomic E-state index is 13.5. The summed E-state index contributed by atoms with van der Waals surface area (Å²) in [5.74, 6) is 0.454.